The first-order valence-electron chi connectivity index (χ1n) is 52.0. The summed E-state index contributed by atoms with van der Waals surface area (Å²) in [5.41, 5.74) is 14.4. The third-order valence-corrected chi connectivity index (χ3v) is 28.1. The maximum Gasteiger partial charge on any atom is 0.257 e. The average Bonchev–Trinajstić information content (AvgIpc) is 1.64. The number of imidazole rings is 4. The molecule has 0 atom stereocenters. The van der Waals surface area contributed by atoms with Crippen molar-refractivity contribution in [1.29, 1.82) is 0 Å². The number of likely N-dealkylation sites (tertiary alicyclic amines) is 3. The molecule has 0 saturated carbocycles. The van der Waals surface area contributed by atoms with Gasteiger partial charge in [-0.3, -0.25) is 38.8 Å². The fraction of sp³-hybridized carbons (Fsp3) is 0.513. The van der Waals surface area contributed by atoms with Crippen LogP contribution in [0.3, 0.4) is 0 Å². The van der Waals surface area contributed by atoms with Crippen molar-refractivity contribution in [1.82, 2.24) is 77.4 Å². The maximum atomic E-state index is 14.5. The van der Waals surface area contributed by atoms with Gasteiger partial charge >= 0.3 is 0 Å². The van der Waals surface area contributed by atoms with E-state index in [1.54, 1.807) is 43.9 Å². The van der Waals surface area contributed by atoms with Gasteiger partial charge in [-0.1, -0.05) is 147 Å². The molecule has 27 heteroatoms. The fourth-order valence-electron chi connectivity index (χ4n) is 20.8. The quantitative estimate of drug-likeness (QED) is 0.0341. The summed E-state index contributed by atoms with van der Waals surface area (Å²) in [6, 6.07) is 44.1. The van der Waals surface area contributed by atoms with E-state index in [1.165, 1.54) is 96.5 Å². The number of benzene rings is 8. The summed E-state index contributed by atoms with van der Waals surface area (Å²) in [7, 11) is 0. The van der Waals surface area contributed by atoms with Gasteiger partial charge in [0.05, 0.1) is 81.4 Å². The zero-order valence-electron chi connectivity index (χ0n) is 87.0. The van der Waals surface area contributed by atoms with Crippen LogP contribution in [-0.2, 0) is 78.5 Å². The number of amides is 4. The van der Waals surface area contributed by atoms with Crippen molar-refractivity contribution in [2.24, 2.45) is 28.1 Å². The molecule has 4 aliphatic rings. The van der Waals surface area contributed by atoms with E-state index in [-0.39, 0.29) is 47.9 Å². The van der Waals surface area contributed by atoms with E-state index in [0.717, 1.165) is 241 Å². The summed E-state index contributed by atoms with van der Waals surface area (Å²) in [5.74, 6) is 1.31. The predicted molar refractivity (Wildman–Crippen MR) is 562 cm³/mol. The number of hydrogen-bond acceptors (Lipinski definition) is 13. The molecular formula is C115H152F6N16O4S. The van der Waals surface area contributed by atoms with Gasteiger partial charge in [0.25, 0.3) is 23.6 Å². The molecule has 4 aliphatic heterocycles. The number of halogens is 6. The second-order valence-corrected chi connectivity index (χ2v) is 43.9. The molecule has 4 fully saturated rings. The molecule has 16 rings (SSSR count). The summed E-state index contributed by atoms with van der Waals surface area (Å²) in [6.45, 7) is 53.9. The average molecular weight is 1970 g/mol. The zero-order chi connectivity index (χ0) is 102. The van der Waals surface area contributed by atoms with Crippen LogP contribution in [0.1, 0.15) is 275 Å². The third kappa shape index (κ3) is 29.3. The van der Waals surface area contributed by atoms with Gasteiger partial charge in [-0.25, -0.2) is 46.3 Å². The molecular weight excluding hydrogens is 1820 g/mol. The first-order valence-corrected chi connectivity index (χ1v) is 53.1. The number of rotatable bonds is 36. The van der Waals surface area contributed by atoms with Gasteiger partial charge in [-0.05, 0) is 268 Å². The predicted octanol–water partition coefficient (Wildman–Crippen LogP) is 24.7. The first kappa shape index (κ1) is 109. The number of thioether (sulfide) groups is 1. The van der Waals surface area contributed by atoms with E-state index in [1.807, 2.05) is 32.5 Å². The summed E-state index contributed by atoms with van der Waals surface area (Å²) >= 11 is 2.02. The van der Waals surface area contributed by atoms with Crippen LogP contribution in [0.25, 0.3) is 44.1 Å². The Bertz CT molecular complexity index is 6250. The number of piperidine rings is 3. The van der Waals surface area contributed by atoms with E-state index in [0.29, 0.717) is 73.1 Å². The minimum absolute atomic E-state index is 0.157. The highest BCUT2D eigenvalue weighted by molar-refractivity contribution is 7.99. The van der Waals surface area contributed by atoms with Gasteiger partial charge in [-0.15, -0.1) is 0 Å². The number of nitrogens with zero attached hydrogens (tertiary/aromatic N) is 16. The highest BCUT2D eigenvalue weighted by atomic mass is 32.2. The Balaban J connectivity index is 0.000000159. The molecule has 0 spiro atoms. The molecule has 0 N–H and O–H groups in total. The number of hydrogen-bond donors (Lipinski definition) is 0. The molecule has 0 bridgehead atoms. The lowest BCUT2D eigenvalue weighted by molar-refractivity contribution is 0.0706. The molecule has 12 aromatic rings. The monoisotopic (exact) mass is 1970 g/mol. The van der Waals surface area contributed by atoms with E-state index >= 15 is 0 Å². The summed E-state index contributed by atoms with van der Waals surface area (Å²) in [4.78, 5) is 89.8. The van der Waals surface area contributed by atoms with Crippen LogP contribution in [0, 0.1) is 63.0 Å². The van der Waals surface area contributed by atoms with E-state index < -0.39 is 46.7 Å². The summed E-state index contributed by atoms with van der Waals surface area (Å²) < 4.78 is 92.8. The number of carbonyl (C=O) groups is 4. The fourth-order valence-corrected chi connectivity index (χ4v) is 21.8. The Morgan fingerprint density at radius 3 is 0.951 bits per heavy atom. The van der Waals surface area contributed by atoms with E-state index in [9.17, 15) is 45.5 Å². The van der Waals surface area contributed by atoms with Gasteiger partial charge in [-0.2, -0.15) is 11.8 Å². The van der Waals surface area contributed by atoms with Gasteiger partial charge in [0, 0.05) is 134 Å². The Kier molecular flexibility index (Phi) is 38.4. The van der Waals surface area contributed by atoms with Crippen LogP contribution in [-0.4, -0.2) is 191 Å². The number of carbonyl (C=O) groups excluding carboxylic acids is 4. The van der Waals surface area contributed by atoms with Gasteiger partial charge in [0.15, 0.2) is 0 Å². The van der Waals surface area contributed by atoms with E-state index in [2.05, 4.69) is 201 Å². The largest absolute Gasteiger partial charge is 0.331 e. The molecule has 764 valence electrons. The first-order chi connectivity index (χ1) is 68.0. The molecule has 8 aromatic carbocycles. The molecule has 0 unspecified atom stereocenters. The SMILES string of the molecule is CCCN(Cc1nc2cc(CN3CCCC(C)(C)C3)ccc2n1CCC)C(=O)c1cc(F)ccc1F.CCCN(Cc1nc2cc(CN3CCCC(C)(C)C3)ccc2n1CCC)C(=O)c1cccc(F)c1.CCCn1c(CN(CC(C)C)C(=O)c2cc(F)ccc2F)nc2cc(CN3CCCC(C)(C)C3)ccc21.CCCn1c(CN(CC(C)C)C(=O)c2cccc(F)c2)nc2cc(CN3CCSCC3)ccc21. The molecule has 142 heavy (non-hydrogen) atoms. The molecule has 8 heterocycles. The molecule has 0 aliphatic carbocycles. The van der Waals surface area contributed by atoms with Crippen molar-refractivity contribution >= 4 is 79.5 Å². The van der Waals surface area contributed by atoms with Crippen LogP contribution in [0.5, 0.6) is 0 Å². The second kappa shape index (κ2) is 50.2. The van der Waals surface area contributed by atoms with Crippen molar-refractivity contribution in [3.05, 3.63) is 260 Å². The van der Waals surface area contributed by atoms with Crippen LogP contribution >= 0.6 is 11.8 Å². The normalized spacial score (nSPS) is 15.7. The Morgan fingerprint density at radius 1 is 0.345 bits per heavy atom. The van der Waals surface area contributed by atoms with Gasteiger partial charge < -0.3 is 37.9 Å². The standard InChI is InChI=1S/C30H40F2N4O.C29H38F2N4O.C29H39FN4O.C27H35FN4OS/c1-6-13-36-27-11-8-22(18-34-14-7-12-30(4,5)20-34)15-26(27)33-28(36)19-35(17-21(2)3)29(37)24-16-23(31)9-10-25(24)32;1-5-13-34(28(36)23-17-22(30)9-10-24(23)31)19-27-32-25-16-21(8-11-26(25)35(27)14-6-2)18-33-15-7-12-29(3,4)20-33;1-5-14-33(28(35)23-9-7-10-24(30)18-23)20-27-31-25-17-22(11-12-26(25)34(27)15-6-2)19-32-16-8-13-29(3,4)21-32;1-4-10-32-25-9-8-21(18-30-11-13-34-14-12-30)15-24(25)29-26(32)19-31(17-20(2)3)27(33)22-6-5-7-23(28)16-22/h8-11,15-16,21H,6-7,12-14,17-20H2,1-5H3;8-11,16-17H,5-7,12-15,18-20H2,1-4H3;7,9-12,17-18H,5-6,8,13-16,19-21H2,1-4H3;5-9,15-16,20H,4,10-14,17-19H2,1-3H3. The Labute approximate surface area is 842 Å². The minimum atomic E-state index is -0.715. The van der Waals surface area contributed by atoms with Crippen molar-refractivity contribution in [2.45, 2.75) is 266 Å². The van der Waals surface area contributed by atoms with Crippen LogP contribution in [0.4, 0.5) is 26.3 Å². The van der Waals surface area contributed by atoms with Gasteiger partial charge in [0.2, 0.25) is 0 Å². The second-order valence-electron chi connectivity index (χ2n) is 42.7. The maximum absolute atomic E-state index is 14.5. The number of aryl methyl sites for hydroxylation is 4. The Morgan fingerprint density at radius 2 is 0.641 bits per heavy atom. The molecule has 4 amide bonds. The Hall–Kier alpha value is -10.7. The summed E-state index contributed by atoms with van der Waals surface area (Å²) in [6.07, 6.45) is 12.8. The zero-order valence-corrected chi connectivity index (χ0v) is 87.8. The number of aromatic nitrogens is 8. The minimum Gasteiger partial charge on any atom is -0.331 e. The molecule has 0 radical (unpaired) electrons. The van der Waals surface area contributed by atoms with Gasteiger partial charge in [0.1, 0.15) is 58.2 Å². The van der Waals surface area contributed by atoms with Crippen LogP contribution < -0.4 is 0 Å². The highest BCUT2D eigenvalue weighted by Gasteiger charge is 2.33. The smallest absolute Gasteiger partial charge is 0.257 e. The molecule has 4 saturated heterocycles. The van der Waals surface area contributed by atoms with Crippen molar-refractivity contribution in [3.8, 4) is 0 Å². The lowest BCUT2D eigenvalue weighted by Crippen LogP contribution is -2.39. The third-order valence-electron chi connectivity index (χ3n) is 27.1. The number of fused-ring (bicyclic) bond motifs is 4. The topological polar surface area (TPSA) is 165 Å². The van der Waals surface area contributed by atoms with Crippen LogP contribution in [0.15, 0.2) is 158 Å². The lowest BCUT2D eigenvalue weighted by Gasteiger charge is -2.38. The van der Waals surface area contributed by atoms with Crippen molar-refractivity contribution in [2.75, 3.05) is 90.0 Å². The van der Waals surface area contributed by atoms with Crippen LogP contribution in [0.2, 0.25) is 0 Å². The molecule has 4 aromatic heterocycles. The van der Waals surface area contributed by atoms with E-state index in [4.69, 9.17) is 19.9 Å². The highest BCUT2D eigenvalue weighted by Crippen LogP contribution is 2.36. The van der Waals surface area contributed by atoms with Crippen molar-refractivity contribution < 1.29 is 45.5 Å². The van der Waals surface area contributed by atoms with Crippen molar-refractivity contribution in [3.63, 3.8) is 0 Å². The summed E-state index contributed by atoms with van der Waals surface area (Å²) in [5, 5.41) is 0. The molecule has 20 nitrogen and oxygen atoms in total. The lowest BCUT2D eigenvalue weighted by atomic mass is 9.84.